The van der Waals surface area contributed by atoms with Crippen molar-refractivity contribution in [1.29, 1.82) is 0 Å². The first-order valence-electron chi connectivity index (χ1n) is 6.12. The van der Waals surface area contributed by atoms with Gasteiger partial charge in [0.2, 0.25) is 0 Å². The quantitative estimate of drug-likeness (QED) is 0.912. The van der Waals surface area contributed by atoms with E-state index in [9.17, 15) is 9.90 Å². The maximum Gasteiger partial charge on any atom is 0.337 e. The number of carboxylic acids is 1. The molecular formula is C16H11ClO3. The van der Waals surface area contributed by atoms with Crippen LogP contribution in [0.15, 0.2) is 59.6 Å². The smallest absolute Gasteiger partial charge is 0.337 e. The minimum Gasteiger partial charge on any atom is -0.479 e. The molecule has 0 fully saturated rings. The molecule has 2 aromatic rings. The van der Waals surface area contributed by atoms with Gasteiger partial charge in [0.1, 0.15) is 5.75 Å². The number of aliphatic carboxylic acids is 1. The summed E-state index contributed by atoms with van der Waals surface area (Å²) in [7, 11) is 0. The van der Waals surface area contributed by atoms with Crippen LogP contribution in [0.5, 0.6) is 5.75 Å². The van der Waals surface area contributed by atoms with Crippen molar-refractivity contribution < 1.29 is 14.6 Å². The normalized spacial score (nSPS) is 17.4. The molecule has 0 bridgehead atoms. The van der Waals surface area contributed by atoms with Gasteiger partial charge in [0, 0.05) is 5.56 Å². The zero-order valence-corrected chi connectivity index (χ0v) is 11.2. The number of hydrogen-bond donors (Lipinski definition) is 1. The highest BCUT2D eigenvalue weighted by atomic mass is 35.5. The summed E-state index contributed by atoms with van der Waals surface area (Å²) in [5.74, 6) is -0.519. The van der Waals surface area contributed by atoms with E-state index in [4.69, 9.17) is 16.3 Å². The van der Waals surface area contributed by atoms with E-state index in [1.54, 1.807) is 24.3 Å². The zero-order valence-electron chi connectivity index (χ0n) is 10.4. The van der Waals surface area contributed by atoms with Crippen molar-refractivity contribution in [2.75, 3.05) is 0 Å². The molecule has 2 aromatic carbocycles. The lowest BCUT2D eigenvalue weighted by Crippen LogP contribution is -2.18. The fourth-order valence-corrected chi connectivity index (χ4v) is 2.63. The molecule has 3 rings (SSSR count). The summed E-state index contributed by atoms with van der Waals surface area (Å²) in [4.78, 5) is 11.5. The van der Waals surface area contributed by atoms with Crippen LogP contribution >= 0.6 is 11.6 Å². The van der Waals surface area contributed by atoms with Crippen LogP contribution in [0.2, 0.25) is 0 Å². The minimum absolute atomic E-state index is 0.0994. The number of rotatable bonds is 2. The molecule has 1 aliphatic heterocycles. The summed E-state index contributed by atoms with van der Waals surface area (Å²) < 4.78 is 5.86. The molecule has 1 heterocycles. The number of benzene rings is 2. The Morgan fingerprint density at radius 3 is 2.40 bits per heavy atom. The molecule has 0 aromatic heterocycles. The molecule has 20 heavy (non-hydrogen) atoms. The minimum atomic E-state index is -1.05. The molecule has 4 heteroatoms. The Balaban J connectivity index is 2.18. The Bertz CT molecular complexity index is 692. The van der Waals surface area contributed by atoms with Crippen molar-refractivity contribution in [2.24, 2.45) is 0 Å². The highest BCUT2D eigenvalue weighted by Crippen LogP contribution is 2.43. The summed E-state index contributed by atoms with van der Waals surface area (Å²) in [6.07, 6.45) is -0.584. The Morgan fingerprint density at radius 2 is 1.70 bits per heavy atom. The van der Waals surface area contributed by atoms with Gasteiger partial charge in [-0.3, -0.25) is 0 Å². The van der Waals surface area contributed by atoms with Crippen LogP contribution in [0, 0.1) is 0 Å². The Kier molecular flexibility index (Phi) is 3.20. The summed E-state index contributed by atoms with van der Waals surface area (Å²) in [6.45, 7) is 0. The molecule has 1 unspecified atom stereocenters. The molecule has 1 aliphatic rings. The van der Waals surface area contributed by atoms with Crippen molar-refractivity contribution in [1.82, 2.24) is 0 Å². The van der Waals surface area contributed by atoms with Crippen molar-refractivity contribution in [3.05, 3.63) is 70.8 Å². The largest absolute Gasteiger partial charge is 0.479 e. The van der Waals surface area contributed by atoms with E-state index in [1.807, 2.05) is 30.3 Å². The monoisotopic (exact) mass is 286 g/mol. The van der Waals surface area contributed by atoms with E-state index in [0.29, 0.717) is 11.3 Å². The fraction of sp³-hybridized carbons (Fsp3) is 0.0625. The molecule has 0 spiro atoms. The van der Waals surface area contributed by atoms with Gasteiger partial charge in [0.25, 0.3) is 0 Å². The number of fused-ring (bicyclic) bond motifs is 1. The molecule has 100 valence electrons. The van der Waals surface area contributed by atoms with Crippen molar-refractivity contribution in [2.45, 2.75) is 6.10 Å². The maximum atomic E-state index is 11.5. The topological polar surface area (TPSA) is 46.5 Å². The molecule has 3 nitrogen and oxygen atoms in total. The highest BCUT2D eigenvalue weighted by Gasteiger charge is 2.31. The van der Waals surface area contributed by atoms with Gasteiger partial charge in [-0.15, -0.1) is 0 Å². The molecule has 0 aliphatic carbocycles. The molecule has 0 radical (unpaired) electrons. The second-order valence-corrected chi connectivity index (χ2v) is 4.84. The summed E-state index contributed by atoms with van der Waals surface area (Å²) in [5, 5.41) is 9.62. The highest BCUT2D eigenvalue weighted by molar-refractivity contribution is 6.39. The number of carboxylic acid groups (broad SMARTS) is 1. The van der Waals surface area contributed by atoms with Gasteiger partial charge in [-0.1, -0.05) is 60.1 Å². The second-order valence-electron chi connectivity index (χ2n) is 4.43. The molecule has 1 N–H and O–H groups in total. The van der Waals surface area contributed by atoms with Crippen LogP contribution in [-0.2, 0) is 4.79 Å². The van der Waals surface area contributed by atoms with Crippen LogP contribution in [0.4, 0.5) is 0 Å². The van der Waals surface area contributed by atoms with Gasteiger partial charge >= 0.3 is 5.97 Å². The van der Waals surface area contributed by atoms with Crippen molar-refractivity contribution in [3.8, 4) is 5.75 Å². The molecule has 0 amide bonds. The average molecular weight is 287 g/mol. The van der Waals surface area contributed by atoms with Gasteiger partial charge in [-0.2, -0.15) is 0 Å². The van der Waals surface area contributed by atoms with Crippen LogP contribution in [0.3, 0.4) is 0 Å². The fourth-order valence-electron chi connectivity index (χ4n) is 2.27. The number of carbonyl (C=O) groups is 1. The van der Waals surface area contributed by atoms with E-state index in [0.717, 1.165) is 5.56 Å². The third kappa shape index (κ3) is 2.06. The van der Waals surface area contributed by atoms with E-state index in [1.165, 1.54) is 0 Å². The Labute approximate surface area is 121 Å². The van der Waals surface area contributed by atoms with Gasteiger partial charge in [0.15, 0.2) is 6.10 Å². The van der Waals surface area contributed by atoms with E-state index in [-0.39, 0.29) is 10.6 Å². The lowest BCUT2D eigenvalue weighted by atomic mass is 9.97. The predicted molar refractivity (Wildman–Crippen MR) is 76.7 cm³/mol. The average Bonchev–Trinajstić information content (AvgIpc) is 2.47. The number of hydrogen-bond acceptors (Lipinski definition) is 2. The van der Waals surface area contributed by atoms with Crippen molar-refractivity contribution in [3.63, 3.8) is 0 Å². The third-order valence-corrected chi connectivity index (χ3v) is 3.57. The molecular weight excluding hydrogens is 276 g/mol. The van der Waals surface area contributed by atoms with Gasteiger partial charge in [-0.05, 0) is 11.6 Å². The lowest BCUT2D eigenvalue weighted by molar-refractivity contribution is -0.130. The first kappa shape index (κ1) is 12.8. The van der Waals surface area contributed by atoms with Crippen molar-refractivity contribution >= 4 is 23.1 Å². The summed E-state index contributed by atoms with van der Waals surface area (Å²) in [5.41, 5.74) is 1.44. The van der Waals surface area contributed by atoms with Gasteiger partial charge in [0.05, 0.1) is 10.6 Å². The lowest BCUT2D eigenvalue weighted by Gasteiger charge is -2.27. The van der Waals surface area contributed by atoms with Crippen LogP contribution < -0.4 is 4.74 Å². The predicted octanol–water partition coefficient (Wildman–Crippen LogP) is 3.85. The Hall–Kier alpha value is -2.26. The van der Waals surface area contributed by atoms with Gasteiger partial charge in [-0.25, -0.2) is 4.79 Å². The number of para-hydroxylation sites is 1. The van der Waals surface area contributed by atoms with E-state index < -0.39 is 12.1 Å². The third-order valence-electron chi connectivity index (χ3n) is 3.19. The SMILES string of the molecule is O=C(O)C1=C(Cl)C(c2ccccc2)Oc2ccccc21. The maximum absolute atomic E-state index is 11.5. The standard InChI is InChI=1S/C16H11ClO3/c17-14-13(16(18)19)11-8-4-5-9-12(11)20-15(14)10-6-2-1-3-7-10/h1-9,15H,(H,18,19). The van der Waals surface area contributed by atoms with Gasteiger partial charge < -0.3 is 9.84 Å². The Morgan fingerprint density at radius 1 is 1.05 bits per heavy atom. The summed E-state index contributed by atoms with van der Waals surface area (Å²) in [6, 6.07) is 16.3. The van der Waals surface area contributed by atoms with Crippen LogP contribution in [0.1, 0.15) is 17.2 Å². The number of ether oxygens (including phenoxy) is 1. The first-order chi connectivity index (χ1) is 9.68. The first-order valence-corrected chi connectivity index (χ1v) is 6.50. The molecule has 0 saturated heterocycles. The summed E-state index contributed by atoms with van der Waals surface area (Å²) >= 11 is 6.28. The van der Waals surface area contributed by atoms with Crippen LogP contribution in [0.25, 0.3) is 5.57 Å². The number of halogens is 1. The van der Waals surface area contributed by atoms with E-state index in [2.05, 4.69) is 0 Å². The van der Waals surface area contributed by atoms with E-state index >= 15 is 0 Å². The van der Waals surface area contributed by atoms with Crippen LogP contribution in [-0.4, -0.2) is 11.1 Å². The zero-order chi connectivity index (χ0) is 14.1. The molecule has 1 atom stereocenters. The molecule has 0 saturated carbocycles. The second kappa shape index (κ2) is 5.02.